The number of ether oxygens (including phenoxy) is 2. The third kappa shape index (κ3) is 6.32. The summed E-state index contributed by atoms with van der Waals surface area (Å²) in [6, 6.07) is -0.0612. The first-order valence-electron chi connectivity index (χ1n) is 8.27. The Hall–Kier alpha value is -1.38. The van der Waals surface area contributed by atoms with E-state index in [0.717, 1.165) is 25.9 Å². The van der Waals surface area contributed by atoms with Gasteiger partial charge in [-0.25, -0.2) is 4.79 Å². The Balaban J connectivity index is 1.67. The maximum atomic E-state index is 12.2. The highest BCUT2D eigenvalue weighted by molar-refractivity contribution is 5.76. The van der Waals surface area contributed by atoms with Gasteiger partial charge in [-0.2, -0.15) is 0 Å². The predicted octanol–water partition coefficient (Wildman–Crippen LogP) is -0.617. The molecule has 0 aliphatic carbocycles. The molecule has 0 unspecified atom stereocenters. The lowest BCUT2D eigenvalue weighted by Gasteiger charge is -2.34. The van der Waals surface area contributed by atoms with Crippen molar-refractivity contribution in [1.29, 1.82) is 0 Å². The lowest BCUT2D eigenvalue weighted by atomic mass is 10.2. The number of rotatable bonds is 7. The molecule has 2 fully saturated rings. The summed E-state index contributed by atoms with van der Waals surface area (Å²) in [6.45, 7) is 3.84. The predicted molar refractivity (Wildman–Crippen MR) is 85.0 cm³/mol. The van der Waals surface area contributed by atoms with Crippen molar-refractivity contribution in [3.63, 3.8) is 0 Å². The van der Waals surface area contributed by atoms with Crippen molar-refractivity contribution in [3.8, 4) is 0 Å². The first-order chi connectivity index (χ1) is 11.0. The van der Waals surface area contributed by atoms with Gasteiger partial charge in [0.15, 0.2) is 0 Å². The number of hydrogen-bond acceptors (Lipinski definition) is 5. The smallest absolute Gasteiger partial charge is 0.317 e. The standard InChI is InChI=1S/C15H28N4O4/c1-18(11-14(16)20)9-13-10-19(6-8-23-13)15(21)17-5-4-12-3-2-7-22-12/h12-13H,2-11H2,1H3,(H2,16,20)(H,17,21)/t12-,13+/m0/s1. The minimum absolute atomic E-state index is 0.0612. The van der Waals surface area contributed by atoms with E-state index in [1.54, 1.807) is 4.90 Å². The average molecular weight is 328 g/mol. The fourth-order valence-corrected chi connectivity index (χ4v) is 3.02. The highest BCUT2D eigenvalue weighted by Gasteiger charge is 2.25. The van der Waals surface area contributed by atoms with Gasteiger partial charge in [-0.1, -0.05) is 0 Å². The molecule has 0 aromatic carbocycles. The van der Waals surface area contributed by atoms with E-state index in [9.17, 15) is 9.59 Å². The molecule has 2 rings (SSSR count). The lowest BCUT2D eigenvalue weighted by molar-refractivity contribution is -0.119. The van der Waals surface area contributed by atoms with Crippen LogP contribution in [0.2, 0.25) is 0 Å². The summed E-state index contributed by atoms with van der Waals surface area (Å²) in [4.78, 5) is 26.7. The summed E-state index contributed by atoms with van der Waals surface area (Å²) in [5.41, 5.74) is 5.17. The molecule has 3 N–H and O–H groups in total. The van der Waals surface area contributed by atoms with E-state index in [1.807, 2.05) is 11.9 Å². The van der Waals surface area contributed by atoms with E-state index in [-0.39, 0.29) is 30.7 Å². The Kier molecular flexibility index (Phi) is 7.07. The molecule has 2 heterocycles. The fraction of sp³-hybridized carbons (Fsp3) is 0.867. The number of urea groups is 1. The Morgan fingerprint density at radius 3 is 2.78 bits per heavy atom. The van der Waals surface area contributed by atoms with Crippen LogP contribution in [-0.4, -0.2) is 86.9 Å². The molecule has 0 radical (unpaired) electrons. The number of nitrogens with one attached hydrogen (secondary N) is 1. The second-order valence-corrected chi connectivity index (χ2v) is 6.26. The van der Waals surface area contributed by atoms with E-state index in [2.05, 4.69) is 5.32 Å². The molecule has 8 heteroatoms. The van der Waals surface area contributed by atoms with Crippen LogP contribution in [0, 0.1) is 0 Å². The first kappa shape index (κ1) is 18.0. The van der Waals surface area contributed by atoms with Crippen molar-refractivity contribution in [2.75, 3.05) is 53.0 Å². The van der Waals surface area contributed by atoms with Crippen LogP contribution in [0.5, 0.6) is 0 Å². The molecule has 2 saturated heterocycles. The quantitative estimate of drug-likeness (QED) is 0.649. The van der Waals surface area contributed by atoms with Gasteiger partial charge in [0.2, 0.25) is 5.91 Å². The van der Waals surface area contributed by atoms with Gasteiger partial charge in [-0.15, -0.1) is 0 Å². The largest absolute Gasteiger partial charge is 0.378 e. The van der Waals surface area contributed by atoms with E-state index in [0.29, 0.717) is 32.8 Å². The van der Waals surface area contributed by atoms with E-state index < -0.39 is 0 Å². The highest BCUT2D eigenvalue weighted by Crippen LogP contribution is 2.14. The zero-order chi connectivity index (χ0) is 16.7. The topological polar surface area (TPSA) is 97.1 Å². The van der Waals surface area contributed by atoms with Crippen molar-refractivity contribution >= 4 is 11.9 Å². The van der Waals surface area contributed by atoms with Crippen LogP contribution in [0.15, 0.2) is 0 Å². The summed E-state index contributed by atoms with van der Waals surface area (Å²) in [6.07, 6.45) is 3.25. The van der Waals surface area contributed by atoms with Gasteiger partial charge in [-0.3, -0.25) is 9.69 Å². The molecule has 23 heavy (non-hydrogen) atoms. The van der Waals surface area contributed by atoms with Crippen LogP contribution >= 0.6 is 0 Å². The number of morpholine rings is 1. The Labute approximate surface area is 137 Å². The number of likely N-dealkylation sites (N-methyl/N-ethyl adjacent to an activating group) is 1. The zero-order valence-corrected chi connectivity index (χ0v) is 13.8. The van der Waals surface area contributed by atoms with Gasteiger partial charge in [0.05, 0.1) is 25.4 Å². The number of carbonyl (C=O) groups is 2. The van der Waals surface area contributed by atoms with Gasteiger partial charge >= 0.3 is 6.03 Å². The minimum atomic E-state index is -0.368. The second kappa shape index (κ2) is 9.05. The molecule has 2 atom stereocenters. The van der Waals surface area contributed by atoms with Crippen molar-refractivity contribution in [2.45, 2.75) is 31.5 Å². The van der Waals surface area contributed by atoms with Crippen LogP contribution in [0.3, 0.4) is 0 Å². The van der Waals surface area contributed by atoms with Gasteiger partial charge in [0, 0.05) is 32.8 Å². The molecule has 2 aliphatic rings. The fourth-order valence-electron chi connectivity index (χ4n) is 3.02. The van der Waals surface area contributed by atoms with Crippen molar-refractivity contribution in [1.82, 2.24) is 15.1 Å². The molecule has 0 bridgehead atoms. The van der Waals surface area contributed by atoms with Gasteiger partial charge in [-0.05, 0) is 26.3 Å². The Morgan fingerprint density at radius 1 is 1.30 bits per heavy atom. The number of primary amides is 1. The van der Waals surface area contributed by atoms with Crippen LogP contribution in [0.1, 0.15) is 19.3 Å². The lowest BCUT2D eigenvalue weighted by Crippen LogP contribution is -2.52. The van der Waals surface area contributed by atoms with E-state index in [1.165, 1.54) is 0 Å². The Morgan fingerprint density at radius 2 is 2.09 bits per heavy atom. The Bertz CT molecular complexity index is 401. The SMILES string of the molecule is CN(CC(N)=O)C[C@@H]1CN(C(=O)NCC[C@@H]2CCCO2)CCO1. The number of carbonyl (C=O) groups excluding carboxylic acids is 2. The van der Waals surface area contributed by atoms with Crippen LogP contribution in [-0.2, 0) is 14.3 Å². The third-order valence-corrected chi connectivity index (χ3v) is 4.13. The molecular weight excluding hydrogens is 300 g/mol. The van der Waals surface area contributed by atoms with E-state index in [4.69, 9.17) is 15.2 Å². The van der Waals surface area contributed by atoms with Crippen LogP contribution in [0.25, 0.3) is 0 Å². The normalized spacial score (nSPS) is 24.9. The minimum Gasteiger partial charge on any atom is -0.378 e. The maximum Gasteiger partial charge on any atom is 0.317 e. The molecule has 8 nitrogen and oxygen atoms in total. The van der Waals surface area contributed by atoms with E-state index >= 15 is 0 Å². The molecule has 3 amide bonds. The van der Waals surface area contributed by atoms with Crippen molar-refractivity contribution < 1.29 is 19.1 Å². The molecule has 2 aliphatic heterocycles. The van der Waals surface area contributed by atoms with Crippen molar-refractivity contribution in [3.05, 3.63) is 0 Å². The summed E-state index contributed by atoms with van der Waals surface area (Å²) in [7, 11) is 1.81. The number of hydrogen-bond donors (Lipinski definition) is 2. The summed E-state index contributed by atoms with van der Waals surface area (Å²) < 4.78 is 11.2. The third-order valence-electron chi connectivity index (χ3n) is 4.13. The van der Waals surface area contributed by atoms with Crippen LogP contribution in [0.4, 0.5) is 4.79 Å². The van der Waals surface area contributed by atoms with Gasteiger partial charge in [0.25, 0.3) is 0 Å². The number of nitrogens with zero attached hydrogens (tertiary/aromatic N) is 2. The molecule has 0 saturated carbocycles. The molecule has 0 aromatic rings. The highest BCUT2D eigenvalue weighted by atomic mass is 16.5. The van der Waals surface area contributed by atoms with Crippen molar-refractivity contribution in [2.24, 2.45) is 5.73 Å². The molecule has 132 valence electrons. The van der Waals surface area contributed by atoms with Gasteiger partial charge in [0.1, 0.15) is 0 Å². The monoisotopic (exact) mass is 328 g/mol. The summed E-state index contributed by atoms with van der Waals surface area (Å²) in [5.74, 6) is -0.368. The molecular formula is C15H28N4O4. The average Bonchev–Trinajstić information content (AvgIpc) is 2.99. The molecule has 0 aromatic heterocycles. The van der Waals surface area contributed by atoms with Gasteiger partial charge < -0.3 is 25.4 Å². The van der Waals surface area contributed by atoms with Crippen LogP contribution < -0.4 is 11.1 Å². The maximum absolute atomic E-state index is 12.2. The number of amides is 3. The number of nitrogens with two attached hydrogens (primary N) is 1. The zero-order valence-electron chi connectivity index (χ0n) is 13.8. The summed E-state index contributed by atoms with van der Waals surface area (Å²) >= 11 is 0. The second-order valence-electron chi connectivity index (χ2n) is 6.26. The first-order valence-corrected chi connectivity index (χ1v) is 8.27. The molecule has 0 spiro atoms. The summed E-state index contributed by atoms with van der Waals surface area (Å²) in [5, 5.41) is 2.95.